The van der Waals surface area contributed by atoms with Gasteiger partial charge in [-0.2, -0.15) is 22.8 Å². The van der Waals surface area contributed by atoms with Gasteiger partial charge < -0.3 is 9.47 Å². The quantitative estimate of drug-likeness (QED) is 0.632. The highest BCUT2D eigenvalue weighted by Gasteiger charge is 2.36. The van der Waals surface area contributed by atoms with Crippen molar-refractivity contribution in [2.45, 2.75) is 19.5 Å². The number of ether oxygens (including phenoxy) is 2. The average molecular weight is 291 g/mol. The Morgan fingerprint density at radius 1 is 1.45 bits per heavy atom. The average Bonchev–Trinajstić information content (AvgIpc) is 2.38. The number of hydrogen-bond donors (Lipinski definition) is 0. The van der Waals surface area contributed by atoms with Crippen LogP contribution in [0.2, 0.25) is 0 Å². The molecule has 0 bridgehead atoms. The maximum atomic E-state index is 13.3. The summed E-state index contributed by atoms with van der Waals surface area (Å²) in [6.45, 7) is 1.27. The zero-order valence-corrected chi connectivity index (χ0v) is 10.2. The summed E-state index contributed by atoms with van der Waals surface area (Å²) in [5.74, 6) is -2.32. The van der Waals surface area contributed by atoms with Crippen molar-refractivity contribution >= 4 is 5.97 Å². The van der Waals surface area contributed by atoms with E-state index in [0.29, 0.717) is 6.07 Å². The van der Waals surface area contributed by atoms with E-state index >= 15 is 0 Å². The highest BCUT2D eigenvalue weighted by molar-refractivity contribution is 5.73. The molecule has 0 radical (unpaired) electrons. The van der Waals surface area contributed by atoms with E-state index in [1.165, 1.54) is 13.0 Å². The topological polar surface area (TPSA) is 59.3 Å². The number of rotatable bonds is 4. The maximum absolute atomic E-state index is 13.3. The van der Waals surface area contributed by atoms with Gasteiger partial charge in [-0.05, 0) is 25.1 Å². The van der Waals surface area contributed by atoms with Gasteiger partial charge in [0.1, 0.15) is 5.75 Å². The van der Waals surface area contributed by atoms with Gasteiger partial charge in [-0.3, -0.25) is 0 Å². The van der Waals surface area contributed by atoms with E-state index in [0.717, 1.165) is 12.1 Å². The molecule has 0 aliphatic rings. The first kappa shape index (κ1) is 15.8. The Morgan fingerprint density at radius 3 is 2.60 bits per heavy atom. The second-order valence-electron chi connectivity index (χ2n) is 3.51. The molecule has 8 heteroatoms. The summed E-state index contributed by atoms with van der Waals surface area (Å²) in [4.78, 5) is 11.0. The summed E-state index contributed by atoms with van der Waals surface area (Å²) in [5, 5.41) is 8.55. The second kappa shape index (κ2) is 6.23. The van der Waals surface area contributed by atoms with E-state index in [1.54, 1.807) is 0 Å². The molecule has 1 atom stereocenters. The number of halogens is 4. The van der Waals surface area contributed by atoms with Gasteiger partial charge >= 0.3 is 18.5 Å². The minimum Gasteiger partial charge on any atom is -0.461 e. The van der Waals surface area contributed by atoms with Gasteiger partial charge in [0, 0.05) is 0 Å². The Balaban J connectivity index is 3.07. The summed E-state index contributed by atoms with van der Waals surface area (Å²) in [6, 6.07) is 3.82. The minimum atomic E-state index is -4.85. The van der Waals surface area contributed by atoms with Crippen molar-refractivity contribution in [3.63, 3.8) is 0 Å². The number of carbonyl (C=O) groups excluding carboxylic acids is 1. The maximum Gasteiger partial charge on any atom is 0.420 e. The van der Waals surface area contributed by atoms with Crippen molar-refractivity contribution in [1.82, 2.24) is 0 Å². The van der Waals surface area contributed by atoms with Crippen molar-refractivity contribution in [3.8, 4) is 11.8 Å². The van der Waals surface area contributed by atoms with Crippen LogP contribution in [0.4, 0.5) is 17.6 Å². The molecule has 4 nitrogen and oxygen atoms in total. The summed E-state index contributed by atoms with van der Waals surface area (Å²) in [6.07, 6.45) is -7.53. The van der Waals surface area contributed by atoms with E-state index in [2.05, 4.69) is 9.47 Å². The van der Waals surface area contributed by atoms with Crippen LogP contribution in [-0.2, 0) is 15.7 Å². The molecule has 108 valence electrons. The first-order valence-electron chi connectivity index (χ1n) is 5.38. The smallest absolute Gasteiger partial charge is 0.420 e. The molecule has 0 saturated heterocycles. The van der Waals surface area contributed by atoms with Gasteiger partial charge in [-0.25, -0.2) is 4.79 Å². The third-order valence-electron chi connectivity index (χ3n) is 2.12. The predicted molar refractivity (Wildman–Crippen MR) is 58.3 cm³/mol. The van der Waals surface area contributed by atoms with E-state index in [4.69, 9.17) is 5.26 Å². The van der Waals surface area contributed by atoms with Gasteiger partial charge in [0.15, 0.2) is 0 Å². The third kappa shape index (κ3) is 3.85. The summed E-state index contributed by atoms with van der Waals surface area (Å²) in [5.41, 5.74) is -1.61. The van der Waals surface area contributed by atoms with Crippen LogP contribution in [0.15, 0.2) is 18.2 Å². The normalized spacial score (nSPS) is 12.4. The molecule has 1 rings (SSSR count). The number of carbonyl (C=O) groups is 1. The highest BCUT2D eigenvalue weighted by atomic mass is 19.4. The van der Waals surface area contributed by atoms with Crippen LogP contribution >= 0.6 is 0 Å². The molecule has 0 fully saturated rings. The van der Waals surface area contributed by atoms with Gasteiger partial charge in [0.25, 0.3) is 0 Å². The fourth-order valence-corrected chi connectivity index (χ4v) is 1.29. The van der Waals surface area contributed by atoms with Gasteiger partial charge in [0.05, 0.1) is 23.8 Å². The van der Waals surface area contributed by atoms with Crippen LogP contribution in [0.25, 0.3) is 0 Å². The number of benzene rings is 1. The third-order valence-corrected chi connectivity index (χ3v) is 2.12. The van der Waals surface area contributed by atoms with Gasteiger partial charge in [0.2, 0.25) is 0 Å². The molecule has 1 aromatic carbocycles. The number of esters is 1. The minimum absolute atomic E-state index is 0.137. The molecule has 0 saturated carbocycles. The molecule has 0 aliphatic carbocycles. The number of nitrogens with zero attached hydrogens (tertiary/aromatic N) is 1. The van der Waals surface area contributed by atoms with Gasteiger partial charge in [-0.15, -0.1) is 0 Å². The largest absolute Gasteiger partial charge is 0.461 e. The van der Waals surface area contributed by atoms with E-state index in [-0.39, 0.29) is 12.2 Å². The van der Waals surface area contributed by atoms with Crippen LogP contribution in [0, 0.1) is 11.3 Å². The van der Waals surface area contributed by atoms with Crippen molar-refractivity contribution in [2.24, 2.45) is 0 Å². The molecule has 0 spiro atoms. The second-order valence-corrected chi connectivity index (χ2v) is 3.51. The summed E-state index contributed by atoms with van der Waals surface area (Å²) >= 11 is 0. The molecule has 0 heterocycles. The van der Waals surface area contributed by atoms with Crippen LogP contribution in [0.5, 0.6) is 5.75 Å². The standard InChI is InChI=1S/C12H9F4NO3/c1-2-19-11(18)10(13)20-9-4-3-7(6-17)5-8(9)12(14,15)16/h3-5,10H,2H2,1H3. The Bertz CT molecular complexity index is 536. The summed E-state index contributed by atoms with van der Waals surface area (Å²) < 4.78 is 60.1. The number of nitriles is 1. The Labute approximate surface area is 111 Å². The molecule has 0 aliphatic heterocycles. The Hall–Kier alpha value is -2.30. The summed E-state index contributed by atoms with van der Waals surface area (Å²) in [7, 11) is 0. The number of alkyl halides is 4. The number of hydrogen-bond acceptors (Lipinski definition) is 4. The van der Waals surface area contributed by atoms with Crippen LogP contribution in [-0.4, -0.2) is 18.9 Å². The van der Waals surface area contributed by atoms with Crippen molar-refractivity contribution < 1.29 is 31.8 Å². The molecule has 0 amide bonds. The zero-order chi connectivity index (χ0) is 15.3. The Morgan fingerprint density at radius 2 is 2.10 bits per heavy atom. The van der Waals surface area contributed by atoms with Crippen molar-refractivity contribution in [3.05, 3.63) is 29.3 Å². The van der Waals surface area contributed by atoms with Crippen molar-refractivity contribution in [1.29, 1.82) is 5.26 Å². The first-order valence-corrected chi connectivity index (χ1v) is 5.38. The predicted octanol–water partition coefficient (Wildman–Crippen LogP) is 2.81. The Kier molecular flexibility index (Phi) is 4.91. The molecule has 0 aromatic heterocycles. The monoisotopic (exact) mass is 291 g/mol. The van der Waals surface area contributed by atoms with E-state index in [9.17, 15) is 22.4 Å². The lowest BCUT2D eigenvalue weighted by molar-refractivity contribution is -0.161. The highest BCUT2D eigenvalue weighted by Crippen LogP contribution is 2.37. The van der Waals surface area contributed by atoms with Crippen LogP contribution in [0.3, 0.4) is 0 Å². The zero-order valence-electron chi connectivity index (χ0n) is 10.2. The molecular formula is C12H9F4NO3. The van der Waals surface area contributed by atoms with Gasteiger partial charge in [-0.1, -0.05) is 0 Å². The van der Waals surface area contributed by atoms with Crippen molar-refractivity contribution in [2.75, 3.05) is 6.61 Å². The van der Waals surface area contributed by atoms with Crippen LogP contribution in [0.1, 0.15) is 18.1 Å². The molecule has 0 N–H and O–H groups in total. The molecular weight excluding hydrogens is 282 g/mol. The fourth-order valence-electron chi connectivity index (χ4n) is 1.29. The van der Waals surface area contributed by atoms with E-state index in [1.807, 2.05) is 0 Å². The van der Waals surface area contributed by atoms with E-state index < -0.39 is 29.8 Å². The SMILES string of the molecule is CCOC(=O)C(F)Oc1ccc(C#N)cc1C(F)(F)F. The molecule has 20 heavy (non-hydrogen) atoms. The lowest BCUT2D eigenvalue weighted by Gasteiger charge is -2.15. The fraction of sp³-hybridized carbons (Fsp3) is 0.333. The lowest BCUT2D eigenvalue weighted by atomic mass is 10.1. The first-order chi connectivity index (χ1) is 9.29. The van der Waals surface area contributed by atoms with Crippen LogP contribution < -0.4 is 4.74 Å². The molecule has 1 aromatic rings. The lowest BCUT2D eigenvalue weighted by Crippen LogP contribution is -2.26. The molecule has 1 unspecified atom stereocenters.